The SMILES string of the molecule is CCNCCC(C)(C)c1ccoc1. The summed E-state index contributed by atoms with van der Waals surface area (Å²) in [5.74, 6) is 0. The zero-order chi connectivity index (χ0) is 9.73. The number of nitrogens with one attached hydrogen (secondary N) is 1. The minimum absolute atomic E-state index is 0.217. The monoisotopic (exact) mass is 181 g/mol. The molecular formula is C11H19NO. The standard InChI is InChI=1S/C11H19NO/c1-4-12-7-6-11(2,3)10-5-8-13-9-10/h5,8-9,12H,4,6-7H2,1-3H3. The highest BCUT2D eigenvalue weighted by atomic mass is 16.3. The van der Waals surface area contributed by atoms with Crippen molar-refractivity contribution in [1.82, 2.24) is 5.32 Å². The molecule has 0 saturated carbocycles. The van der Waals surface area contributed by atoms with E-state index in [-0.39, 0.29) is 5.41 Å². The highest BCUT2D eigenvalue weighted by Crippen LogP contribution is 2.26. The lowest BCUT2D eigenvalue weighted by Gasteiger charge is -2.22. The second-order valence-corrected chi connectivity index (χ2v) is 4.00. The Balaban J connectivity index is 2.46. The number of rotatable bonds is 5. The van der Waals surface area contributed by atoms with Crippen molar-refractivity contribution >= 4 is 0 Å². The number of hydrogen-bond donors (Lipinski definition) is 1. The van der Waals surface area contributed by atoms with Crippen LogP contribution in [0.1, 0.15) is 32.8 Å². The molecule has 1 N–H and O–H groups in total. The molecule has 1 aromatic rings. The second-order valence-electron chi connectivity index (χ2n) is 4.00. The summed E-state index contributed by atoms with van der Waals surface area (Å²) in [5.41, 5.74) is 1.50. The molecule has 0 aliphatic rings. The van der Waals surface area contributed by atoms with Gasteiger partial charge in [-0.05, 0) is 36.6 Å². The van der Waals surface area contributed by atoms with Gasteiger partial charge in [-0.25, -0.2) is 0 Å². The molecule has 0 aromatic carbocycles. The van der Waals surface area contributed by atoms with Crippen LogP contribution in [0.2, 0.25) is 0 Å². The van der Waals surface area contributed by atoms with E-state index in [1.807, 2.05) is 12.3 Å². The first-order chi connectivity index (χ1) is 6.17. The highest BCUT2D eigenvalue weighted by Gasteiger charge is 2.20. The normalized spacial score (nSPS) is 11.9. The predicted molar refractivity (Wildman–Crippen MR) is 54.9 cm³/mol. The van der Waals surface area contributed by atoms with Gasteiger partial charge < -0.3 is 9.73 Å². The molecule has 13 heavy (non-hydrogen) atoms. The van der Waals surface area contributed by atoms with Gasteiger partial charge in [0, 0.05) is 0 Å². The van der Waals surface area contributed by atoms with E-state index in [1.165, 1.54) is 5.56 Å². The van der Waals surface area contributed by atoms with Crippen LogP contribution in [0.15, 0.2) is 23.0 Å². The summed E-state index contributed by atoms with van der Waals surface area (Å²) in [6.45, 7) is 8.73. The van der Waals surface area contributed by atoms with Gasteiger partial charge >= 0.3 is 0 Å². The number of furan rings is 1. The molecule has 1 heterocycles. The molecule has 2 heteroatoms. The van der Waals surface area contributed by atoms with E-state index >= 15 is 0 Å². The Kier molecular flexibility index (Phi) is 3.55. The zero-order valence-corrected chi connectivity index (χ0v) is 8.76. The zero-order valence-electron chi connectivity index (χ0n) is 8.76. The smallest absolute Gasteiger partial charge is 0.0939 e. The highest BCUT2D eigenvalue weighted by molar-refractivity contribution is 5.17. The predicted octanol–water partition coefficient (Wildman–Crippen LogP) is 2.56. The Morgan fingerprint density at radius 3 is 2.77 bits per heavy atom. The van der Waals surface area contributed by atoms with Gasteiger partial charge in [0.25, 0.3) is 0 Å². The maximum absolute atomic E-state index is 5.09. The maximum atomic E-state index is 5.09. The van der Waals surface area contributed by atoms with Gasteiger partial charge in [-0.1, -0.05) is 20.8 Å². The molecule has 0 spiro atoms. The van der Waals surface area contributed by atoms with Crippen molar-refractivity contribution in [3.05, 3.63) is 24.2 Å². The largest absolute Gasteiger partial charge is 0.472 e. The average Bonchev–Trinajstić information content (AvgIpc) is 2.56. The fraction of sp³-hybridized carbons (Fsp3) is 0.636. The summed E-state index contributed by atoms with van der Waals surface area (Å²) in [6.07, 6.45) is 4.72. The van der Waals surface area contributed by atoms with Crippen molar-refractivity contribution in [2.75, 3.05) is 13.1 Å². The van der Waals surface area contributed by atoms with Gasteiger partial charge in [0.2, 0.25) is 0 Å². The van der Waals surface area contributed by atoms with Gasteiger partial charge in [0.1, 0.15) is 0 Å². The molecule has 2 nitrogen and oxygen atoms in total. The van der Waals surface area contributed by atoms with Crippen molar-refractivity contribution in [2.24, 2.45) is 0 Å². The van der Waals surface area contributed by atoms with Gasteiger partial charge in [-0.15, -0.1) is 0 Å². The third-order valence-corrected chi connectivity index (χ3v) is 2.48. The summed E-state index contributed by atoms with van der Waals surface area (Å²) in [5, 5.41) is 3.34. The van der Waals surface area contributed by atoms with E-state index in [9.17, 15) is 0 Å². The van der Waals surface area contributed by atoms with E-state index in [1.54, 1.807) is 6.26 Å². The van der Waals surface area contributed by atoms with Gasteiger partial charge in [-0.2, -0.15) is 0 Å². The van der Waals surface area contributed by atoms with Gasteiger partial charge in [-0.3, -0.25) is 0 Å². The molecular weight excluding hydrogens is 162 g/mol. The molecule has 0 amide bonds. The Morgan fingerprint density at radius 2 is 2.23 bits per heavy atom. The molecule has 0 aliphatic heterocycles. The minimum atomic E-state index is 0.217. The lowest BCUT2D eigenvalue weighted by molar-refractivity contribution is 0.453. The first kappa shape index (κ1) is 10.3. The molecule has 0 atom stereocenters. The van der Waals surface area contributed by atoms with Gasteiger partial charge in [0.15, 0.2) is 0 Å². The van der Waals surface area contributed by atoms with E-state index in [2.05, 4.69) is 26.1 Å². The Morgan fingerprint density at radius 1 is 1.46 bits per heavy atom. The summed E-state index contributed by atoms with van der Waals surface area (Å²) < 4.78 is 5.09. The third-order valence-electron chi connectivity index (χ3n) is 2.48. The molecule has 0 unspecified atom stereocenters. The molecule has 74 valence electrons. The molecule has 1 aromatic heterocycles. The quantitative estimate of drug-likeness (QED) is 0.706. The summed E-state index contributed by atoms with van der Waals surface area (Å²) in [7, 11) is 0. The van der Waals surface area contributed by atoms with Crippen LogP contribution in [0.3, 0.4) is 0 Å². The molecule has 0 aliphatic carbocycles. The van der Waals surface area contributed by atoms with Crippen LogP contribution in [-0.4, -0.2) is 13.1 Å². The first-order valence-electron chi connectivity index (χ1n) is 4.90. The van der Waals surface area contributed by atoms with Crippen molar-refractivity contribution in [3.63, 3.8) is 0 Å². The van der Waals surface area contributed by atoms with Crippen LogP contribution in [0, 0.1) is 0 Å². The van der Waals surface area contributed by atoms with Crippen LogP contribution >= 0.6 is 0 Å². The Hall–Kier alpha value is -0.760. The van der Waals surface area contributed by atoms with Crippen molar-refractivity contribution < 1.29 is 4.42 Å². The van der Waals surface area contributed by atoms with Crippen LogP contribution in [0.5, 0.6) is 0 Å². The number of hydrogen-bond acceptors (Lipinski definition) is 2. The second kappa shape index (κ2) is 4.47. The molecule has 1 rings (SSSR count). The summed E-state index contributed by atoms with van der Waals surface area (Å²) in [4.78, 5) is 0. The lowest BCUT2D eigenvalue weighted by atomic mass is 9.83. The van der Waals surface area contributed by atoms with Crippen LogP contribution in [-0.2, 0) is 5.41 Å². The van der Waals surface area contributed by atoms with Crippen molar-refractivity contribution in [2.45, 2.75) is 32.6 Å². The van der Waals surface area contributed by atoms with Crippen molar-refractivity contribution in [3.8, 4) is 0 Å². The summed E-state index contributed by atoms with van der Waals surface area (Å²) in [6, 6.07) is 2.05. The van der Waals surface area contributed by atoms with Crippen LogP contribution in [0.4, 0.5) is 0 Å². The van der Waals surface area contributed by atoms with Crippen molar-refractivity contribution in [1.29, 1.82) is 0 Å². The topological polar surface area (TPSA) is 25.2 Å². The Bertz CT molecular complexity index is 226. The molecule has 0 fully saturated rings. The molecule has 0 radical (unpaired) electrons. The first-order valence-corrected chi connectivity index (χ1v) is 4.90. The van der Waals surface area contributed by atoms with Gasteiger partial charge in [0.05, 0.1) is 12.5 Å². The van der Waals surface area contributed by atoms with E-state index in [0.29, 0.717) is 0 Å². The fourth-order valence-electron chi connectivity index (χ4n) is 1.37. The maximum Gasteiger partial charge on any atom is 0.0939 e. The van der Waals surface area contributed by atoms with E-state index in [0.717, 1.165) is 19.5 Å². The molecule has 0 bridgehead atoms. The summed E-state index contributed by atoms with van der Waals surface area (Å²) >= 11 is 0. The van der Waals surface area contributed by atoms with Crippen LogP contribution in [0.25, 0.3) is 0 Å². The van der Waals surface area contributed by atoms with Crippen LogP contribution < -0.4 is 5.32 Å². The fourth-order valence-corrected chi connectivity index (χ4v) is 1.37. The van der Waals surface area contributed by atoms with E-state index < -0.39 is 0 Å². The lowest BCUT2D eigenvalue weighted by Crippen LogP contribution is -2.24. The minimum Gasteiger partial charge on any atom is -0.472 e. The van der Waals surface area contributed by atoms with E-state index in [4.69, 9.17) is 4.42 Å². The molecule has 0 saturated heterocycles. The Labute approximate surface area is 80.3 Å². The third kappa shape index (κ3) is 2.88. The average molecular weight is 181 g/mol.